The lowest BCUT2D eigenvalue weighted by Gasteiger charge is -2.16. The van der Waals surface area contributed by atoms with Gasteiger partial charge in [-0.1, -0.05) is 11.6 Å². The van der Waals surface area contributed by atoms with Crippen LogP contribution in [0, 0.1) is 17.7 Å². The third-order valence-electron chi connectivity index (χ3n) is 3.52. The zero-order chi connectivity index (χ0) is 19.0. The highest BCUT2D eigenvalue weighted by Gasteiger charge is 2.19. The van der Waals surface area contributed by atoms with E-state index in [1.54, 1.807) is 32.6 Å². The Morgan fingerprint density at radius 3 is 2.56 bits per heavy atom. The lowest BCUT2D eigenvalue weighted by Crippen LogP contribution is -2.16. The van der Waals surface area contributed by atoms with Crippen molar-refractivity contribution in [2.45, 2.75) is 33.3 Å². The maximum atomic E-state index is 10.0. The summed E-state index contributed by atoms with van der Waals surface area (Å²) in [7, 11) is 1.74. The molecule has 0 bridgehead atoms. The zero-order valence-electron chi connectivity index (χ0n) is 15.1. The van der Waals surface area contributed by atoms with E-state index in [1.165, 1.54) is 0 Å². The topological polar surface area (TPSA) is 105 Å². The van der Waals surface area contributed by atoms with Crippen LogP contribution >= 0.6 is 11.6 Å². The van der Waals surface area contributed by atoms with Gasteiger partial charge in [0.05, 0.1) is 17.5 Å². The predicted octanol–water partition coefficient (Wildman–Crippen LogP) is 3.01. The first-order valence-electron chi connectivity index (χ1n) is 8.08. The summed E-state index contributed by atoms with van der Waals surface area (Å²) in [5.74, 6) is 0. The van der Waals surface area contributed by atoms with Crippen LogP contribution in [0.1, 0.15) is 43.2 Å². The Hall–Kier alpha value is -2.18. The molecule has 1 atom stereocenters. The molecule has 0 fully saturated rings. The number of hydrogen-bond acceptors (Lipinski definition) is 6. The van der Waals surface area contributed by atoms with Crippen LogP contribution in [0.3, 0.4) is 0 Å². The molecule has 1 unspecified atom stereocenters. The van der Waals surface area contributed by atoms with E-state index in [0.717, 1.165) is 5.56 Å². The molecule has 6 nitrogen and oxygen atoms in total. The summed E-state index contributed by atoms with van der Waals surface area (Å²) in [5.41, 5.74) is 3.32. The smallest absolute Gasteiger partial charge is 0.125 e. The number of nitrogens with zero attached hydrogens (tertiary/aromatic N) is 1. The highest BCUT2D eigenvalue weighted by molar-refractivity contribution is 6.68. The van der Waals surface area contributed by atoms with Crippen molar-refractivity contribution in [3.8, 4) is 0 Å². The summed E-state index contributed by atoms with van der Waals surface area (Å²) in [6.45, 7) is 6.20. The van der Waals surface area contributed by atoms with E-state index in [4.69, 9.17) is 22.4 Å². The second-order valence-electron chi connectivity index (χ2n) is 5.68. The molecule has 0 spiro atoms. The Morgan fingerprint density at radius 1 is 1.36 bits per heavy atom. The van der Waals surface area contributed by atoms with E-state index in [9.17, 15) is 5.11 Å². The Morgan fingerprint density at radius 2 is 2.04 bits per heavy atom. The Bertz CT molecular complexity index is 695. The van der Waals surface area contributed by atoms with Crippen molar-refractivity contribution >= 4 is 22.5 Å². The van der Waals surface area contributed by atoms with Gasteiger partial charge in [0.1, 0.15) is 5.17 Å². The van der Waals surface area contributed by atoms with Crippen molar-refractivity contribution in [1.29, 1.82) is 10.8 Å². The molecule has 0 aliphatic rings. The molecule has 0 aromatic carbocycles. The van der Waals surface area contributed by atoms with Crippen LogP contribution in [0.15, 0.2) is 35.8 Å². The summed E-state index contributed by atoms with van der Waals surface area (Å²) in [6.07, 6.45) is 4.61. The number of aliphatic hydroxyl groups is 1. The highest BCUT2D eigenvalue weighted by atomic mass is 35.5. The molecule has 0 saturated heterocycles. The zero-order valence-corrected chi connectivity index (χ0v) is 15.8. The lowest BCUT2D eigenvalue weighted by atomic mass is 9.95. The molecular weight excluding hydrogens is 338 g/mol. The molecule has 1 aromatic heterocycles. The Balaban J connectivity index is 3.26. The molecule has 0 amide bonds. The average Bonchev–Trinajstić information content (AvgIpc) is 2.56. The van der Waals surface area contributed by atoms with Crippen LogP contribution in [0.2, 0.25) is 0 Å². The van der Waals surface area contributed by atoms with Crippen molar-refractivity contribution in [2.75, 3.05) is 13.6 Å². The summed E-state index contributed by atoms with van der Waals surface area (Å²) >= 11 is 5.88. The van der Waals surface area contributed by atoms with E-state index < -0.39 is 6.10 Å². The second kappa shape index (κ2) is 9.96. The first-order chi connectivity index (χ1) is 11.8. The number of aryl methyl sites for hydroxylation is 1. The average molecular weight is 364 g/mol. The van der Waals surface area contributed by atoms with Crippen LogP contribution in [0.5, 0.6) is 0 Å². The van der Waals surface area contributed by atoms with Crippen molar-refractivity contribution in [2.24, 2.45) is 0 Å². The number of halogens is 1. The van der Waals surface area contributed by atoms with Crippen molar-refractivity contribution in [1.82, 2.24) is 15.6 Å². The van der Waals surface area contributed by atoms with Gasteiger partial charge in [0.2, 0.25) is 0 Å². The normalized spacial score (nSPS) is 13.4. The number of aromatic nitrogens is 1. The van der Waals surface area contributed by atoms with Gasteiger partial charge in [-0.15, -0.1) is 0 Å². The minimum absolute atomic E-state index is 0.0802. The van der Waals surface area contributed by atoms with Gasteiger partial charge >= 0.3 is 0 Å². The number of nitrogens with one attached hydrogen (secondary N) is 4. The summed E-state index contributed by atoms with van der Waals surface area (Å²) in [4.78, 5) is 4.34. The monoisotopic (exact) mass is 363 g/mol. The molecule has 5 N–H and O–H groups in total. The van der Waals surface area contributed by atoms with Crippen LogP contribution in [0.25, 0.3) is 0 Å². The minimum Gasteiger partial charge on any atom is -0.394 e. The second-order valence-corrected chi connectivity index (χ2v) is 6.06. The fourth-order valence-electron chi connectivity index (χ4n) is 2.28. The van der Waals surface area contributed by atoms with Gasteiger partial charge in [-0.05, 0) is 38.0 Å². The number of allylic oxidation sites excluding steroid dienone is 2. The molecule has 25 heavy (non-hydrogen) atoms. The highest BCUT2D eigenvalue weighted by Crippen LogP contribution is 2.23. The molecule has 0 aliphatic carbocycles. The molecule has 7 heteroatoms. The fourth-order valence-corrected chi connectivity index (χ4v) is 2.40. The van der Waals surface area contributed by atoms with Gasteiger partial charge in [0, 0.05) is 49.7 Å². The van der Waals surface area contributed by atoms with Crippen molar-refractivity contribution < 1.29 is 5.11 Å². The molecule has 1 aromatic rings. The van der Waals surface area contributed by atoms with E-state index >= 15 is 0 Å². The van der Waals surface area contributed by atoms with Gasteiger partial charge in [0.25, 0.3) is 0 Å². The summed E-state index contributed by atoms with van der Waals surface area (Å²) in [5, 5.41) is 32.2. The van der Waals surface area contributed by atoms with Gasteiger partial charge in [0.15, 0.2) is 0 Å². The number of aliphatic hydroxyl groups excluding tert-OH is 1. The summed E-state index contributed by atoms with van der Waals surface area (Å²) in [6, 6.07) is 1.83. The van der Waals surface area contributed by atoms with Crippen LogP contribution in [-0.4, -0.2) is 34.6 Å². The van der Waals surface area contributed by atoms with Gasteiger partial charge in [-0.2, -0.15) is 0 Å². The quantitative estimate of drug-likeness (QED) is 0.435. The SMILES string of the molecule is CCN/C=C(/C/C(=C/NC)C(=N)c1ncc(C)cc1C(C)O)C(=N)Cl. The molecule has 136 valence electrons. The largest absolute Gasteiger partial charge is 0.394 e. The van der Waals surface area contributed by atoms with Crippen LogP contribution < -0.4 is 10.6 Å². The van der Waals surface area contributed by atoms with E-state index in [-0.39, 0.29) is 10.9 Å². The predicted molar refractivity (Wildman–Crippen MR) is 104 cm³/mol. The number of rotatable bonds is 9. The van der Waals surface area contributed by atoms with Gasteiger partial charge in [-0.3, -0.25) is 15.8 Å². The Kier molecular flexibility index (Phi) is 8.31. The van der Waals surface area contributed by atoms with E-state index in [2.05, 4.69) is 15.6 Å². The van der Waals surface area contributed by atoms with Gasteiger partial charge < -0.3 is 15.7 Å². The standard InChI is InChI=1S/C18H26ClN5O/c1-5-23-10-14(18(19)21)7-13(9-22-4)16(20)17-15(12(3)25)6-11(2)8-24-17/h6,8-10,12,20-23,25H,5,7H2,1-4H3/b13-9-,14-10-,20-16?,21-18?. The van der Waals surface area contributed by atoms with Crippen LogP contribution in [-0.2, 0) is 0 Å². The fraction of sp³-hybridized carbons (Fsp3) is 0.389. The van der Waals surface area contributed by atoms with Crippen molar-refractivity contribution in [3.05, 3.63) is 52.6 Å². The molecule has 0 aliphatic heterocycles. The minimum atomic E-state index is -0.735. The van der Waals surface area contributed by atoms with Gasteiger partial charge in [-0.25, -0.2) is 0 Å². The van der Waals surface area contributed by atoms with Crippen LogP contribution in [0.4, 0.5) is 0 Å². The lowest BCUT2D eigenvalue weighted by molar-refractivity contribution is 0.198. The Labute approximate surface area is 154 Å². The number of hydrogen-bond donors (Lipinski definition) is 5. The summed E-state index contributed by atoms with van der Waals surface area (Å²) < 4.78 is 0. The maximum absolute atomic E-state index is 10.0. The first-order valence-corrected chi connectivity index (χ1v) is 8.46. The van der Waals surface area contributed by atoms with Crippen molar-refractivity contribution in [3.63, 3.8) is 0 Å². The maximum Gasteiger partial charge on any atom is 0.125 e. The number of pyridine rings is 1. The first kappa shape index (κ1) is 20.9. The molecule has 0 radical (unpaired) electrons. The third-order valence-corrected chi connectivity index (χ3v) is 3.77. The van der Waals surface area contributed by atoms with E-state index in [1.807, 2.05) is 19.9 Å². The van der Waals surface area contributed by atoms with E-state index in [0.29, 0.717) is 35.4 Å². The molecule has 1 rings (SSSR count). The molecule has 1 heterocycles. The third kappa shape index (κ3) is 5.99. The molecule has 0 saturated carbocycles. The molecular formula is C18H26ClN5O.